The van der Waals surface area contributed by atoms with Crippen molar-refractivity contribution in [2.45, 2.75) is 6.92 Å². The van der Waals surface area contributed by atoms with Gasteiger partial charge >= 0.3 is 0 Å². The molecule has 0 radical (unpaired) electrons. The van der Waals surface area contributed by atoms with Gasteiger partial charge in [-0.2, -0.15) is 0 Å². The minimum atomic E-state index is -0.281. The van der Waals surface area contributed by atoms with E-state index in [4.69, 9.17) is 5.73 Å². The summed E-state index contributed by atoms with van der Waals surface area (Å²) < 4.78 is 14.6. The number of aryl methyl sites for hydroxylation is 1. The number of rotatable bonds is 2. The number of anilines is 3. The Morgan fingerprint density at radius 2 is 2.00 bits per heavy atom. The average molecular weight is 272 g/mol. The van der Waals surface area contributed by atoms with E-state index in [2.05, 4.69) is 28.9 Å². The lowest BCUT2D eigenvalue weighted by atomic mass is 10.1. The fraction of sp³-hybridized carbons (Fsp3) is 0.0667. The number of nitrogens with one attached hydrogen (secondary N) is 1. The molecule has 4 heteroatoms. The molecule has 3 rings (SSSR count). The second-order valence-electron chi connectivity index (χ2n) is 4.49. The van der Waals surface area contributed by atoms with Gasteiger partial charge in [-0.05, 0) is 59.7 Å². The molecule has 19 heavy (non-hydrogen) atoms. The Bertz CT molecular complexity index is 749. The first-order valence-corrected chi connectivity index (χ1v) is 6.81. The molecule has 0 amide bonds. The second kappa shape index (κ2) is 4.55. The summed E-state index contributed by atoms with van der Waals surface area (Å²) in [7, 11) is 0. The van der Waals surface area contributed by atoms with Crippen molar-refractivity contribution in [1.82, 2.24) is 0 Å². The van der Waals surface area contributed by atoms with Gasteiger partial charge in [0.05, 0.1) is 11.4 Å². The highest BCUT2D eigenvalue weighted by molar-refractivity contribution is 7.17. The molecule has 2 aromatic carbocycles. The summed E-state index contributed by atoms with van der Waals surface area (Å²) in [6, 6.07) is 11.3. The second-order valence-corrected chi connectivity index (χ2v) is 5.43. The van der Waals surface area contributed by atoms with Crippen LogP contribution in [-0.4, -0.2) is 0 Å². The van der Waals surface area contributed by atoms with E-state index in [-0.39, 0.29) is 5.82 Å². The zero-order valence-electron chi connectivity index (χ0n) is 10.4. The van der Waals surface area contributed by atoms with Crippen LogP contribution < -0.4 is 11.1 Å². The predicted molar refractivity (Wildman–Crippen MR) is 80.7 cm³/mol. The first-order chi connectivity index (χ1) is 9.13. The predicted octanol–water partition coefficient (Wildman–Crippen LogP) is 4.67. The van der Waals surface area contributed by atoms with E-state index in [1.54, 1.807) is 24.3 Å². The van der Waals surface area contributed by atoms with Crippen molar-refractivity contribution in [3.8, 4) is 0 Å². The monoisotopic (exact) mass is 272 g/mol. The van der Waals surface area contributed by atoms with Gasteiger partial charge in [-0.3, -0.25) is 0 Å². The third-order valence-corrected chi connectivity index (χ3v) is 3.96. The van der Waals surface area contributed by atoms with Crippen molar-refractivity contribution in [2.24, 2.45) is 0 Å². The van der Waals surface area contributed by atoms with Crippen LogP contribution >= 0.6 is 11.3 Å². The zero-order valence-corrected chi connectivity index (χ0v) is 11.2. The van der Waals surface area contributed by atoms with Crippen LogP contribution in [0.15, 0.2) is 41.8 Å². The van der Waals surface area contributed by atoms with Crippen LogP contribution in [0, 0.1) is 12.7 Å². The Labute approximate surface area is 114 Å². The maximum Gasteiger partial charge on any atom is 0.128 e. The van der Waals surface area contributed by atoms with Gasteiger partial charge in [0.25, 0.3) is 0 Å². The quantitative estimate of drug-likeness (QED) is 0.665. The van der Waals surface area contributed by atoms with Crippen molar-refractivity contribution >= 4 is 38.5 Å². The maximum atomic E-state index is 13.4. The first-order valence-electron chi connectivity index (χ1n) is 5.93. The summed E-state index contributed by atoms with van der Waals surface area (Å²) in [6.45, 7) is 1.72. The molecular weight excluding hydrogens is 259 g/mol. The van der Waals surface area contributed by atoms with E-state index >= 15 is 0 Å². The summed E-state index contributed by atoms with van der Waals surface area (Å²) in [5, 5.41) is 6.48. The third-order valence-electron chi connectivity index (χ3n) is 3.06. The summed E-state index contributed by atoms with van der Waals surface area (Å²) >= 11 is 1.71. The molecule has 3 N–H and O–H groups in total. The van der Waals surface area contributed by atoms with Crippen molar-refractivity contribution in [3.63, 3.8) is 0 Å². The first kappa shape index (κ1) is 12.0. The smallest absolute Gasteiger partial charge is 0.128 e. The van der Waals surface area contributed by atoms with Gasteiger partial charge < -0.3 is 11.1 Å². The molecule has 2 nitrogen and oxygen atoms in total. The molecule has 0 fully saturated rings. The molecule has 0 spiro atoms. The molecule has 1 aromatic heterocycles. The number of hydrogen-bond donors (Lipinski definition) is 2. The van der Waals surface area contributed by atoms with Crippen LogP contribution in [0.25, 0.3) is 10.1 Å². The molecule has 0 unspecified atom stereocenters. The fourth-order valence-corrected chi connectivity index (χ4v) is 2.78. The third kappa shape index (κ3) is 2.27. The Balaban J connectivity index is 1.98. The van der Waals surface area contributed by atoms with E-state index in [9.17, 15) is 4.39 Å². The summed E-state index contributed by atoms with van der Waals surface area (Å²) in [5.74, 6) is -0.281. The fourth-order valence-electron chi connectivity index (χ4n) is 2.01. The summed E-state index contributed by atoms with van der Waals surface area (Å²) in [6.07, 6.45) is 0. The molecule has 1 heterocycles. The van der Waals surface area contributed by atoms with Gasteiger partial charge in [0.2, 0.25) is 0 Å². The number of hydrogen-bond acceptors (Lipinski definition) is 3. The normalized spacial score (nSPS) is 10.8. The van der Waals surface area contributed by atoms with Crippen molar-refractivity contribution in [2.75, 3.05) is 11.1 Å². The lowest BCUT2D eigenvalue weighted by Gasteiger charge is -2.11. The van der Waals surface area contributed by atoms with E-state index < -0.39 is 0 Å². The Morgan fingerprint density at radius 1 is 1.16 bits per heavy atom. The molecule has 96 valence electrons. The Hall–Kier alpha value is -2.07. The van der Waals surface area contributed by atoms with E-state index in [0.29, 0.717) is 11.3 Å². The zero-order chi connectivity index (χ0) is 13.4. The van der Waals surface area contributed by atoms with Gasteiger partial charge in [-0.15, -0.1) is 11.3 Å². The van der Waals surface area contributed by atoms with Crippen LogP contribution in [0.5, 0.6) is 0 Å². The molecule has 0 saturated carbocycles. The van der Waals surface area contributed by atoms with Crippen LogP contribution in [0.4, 0.5) is 21.5 Å². The largest absolute Gasteiger partial charge is 0.397 e. The Morgan fingerprint density at radius 3 is 2.84 bits per heavy atom. The van der Waals surface area contributed by atoms with Crippen molar-refractivity contribution < 1.29 is 4.39 Å². The lowest BCUT2D eigenvalue weighted by molar-refractivity contribution is 0.619. The van der Waals surface area contributed by atoms with Gasteiger partial charge in [-0.1, -0.05) is 0 Å². The highest BCUT2D eigenvalue weighted by Crippen LogP contribution is 2.29. The molecular formula is C15H13FN2S. The minimum absolute atomic E-state index is 0.281. The van der Waals surface area contributed by atoms with Crippen molar-refractivity contribution in [3.05, 3.63) is 53.2 Å². The molecule has 0 aliphatic rings. The number of fused-ring (bicyclic) bond motifs is 1. The number of nitrogens with two attached hydrogens (primary N) is 1. The molecule has 0 atom stereocenters. The molecule has 0 bridgehead atoms. The van der Waals surface area contributed by atoms with E-state index in [1.165, 1.54) is 16.2 Å². The maximum absolute atomic E-state index is 13.4. The van der Waals surface area contributed by atoms with Crippen LogP contribution in [0.2, 0.25) is 0 Å². The number of nitrogen functional groups attached to an aromatic ring is 1. The lowest BCUT2D eigenvalue weighted by Crippen LogP contribution is -1.98. The van der Waals surface area contributed by atoms with E-state index in [1.807, 2.05) is 6.07 Å². The molecule has 0 aliphatic heterocycles. The topological polar surface area (TPSA) is 38.0 Å². The van der Waals surface area contributed by atoms with Gasteiger partial charge in [0.1, 0.15) is 5.82 Å². The Kier molecular flexibility index (Phi) is 2.87. The van der Waals surface area contributed by atoms with Crippen LogP contribution in [0.3, 0.4) is 0 Å². The number of benzene rings is 2. The van der Waals surface area contributed by atoms with Gasteiger partial charge in [0.15, 0.2) is 0 Å². The van der Waals surface area contributed by atoms with Gasteiger partial charge in [0, 0.05) is 10.4 Å². The standard InChI is InChI=1S/C15H13FN2S/c1-9-6-14(13(17)8-12(9)16)18-11-2-3-15-10(7-11)4-5-19-15/h2-8,18H,17H2,1H3. The van der Waals surface area contributed by atoms with Crippen LogP contribution in [-0.2, 0) is 0 Å². The highest BCUT2D eigenvalue weighted by Gasteiger charge is 2.05. The molecule has 0 saturated heterocycles. The van der Waals surface area contributed by atoms with Gasteiger partial charge in [-0.25, -0.2) is 4.39 Å². The minimum Gasteiger partial charge on any atom is -0.397 e. The average Bonchev–Trinajstić information content (AvgIpc) is 2.83. The SMILES string of the molecule is Cc1cc(Nc2ccc3sccc3c2)c(N)cc1F. The molecule has 0 aliphatic carbocycles. The number of halogens is 1. The van der Waals surface area contributed by atoms with Crippen LogP contribution in [0.1, 0.15) is 5.56 Å². The molecule has 3 aromatic rings. The number of thiophene rings is 1. The van der Waals surface area contributed by atoms with Crippen molar-refractivity contribution in [1.29, 1.82) is 0 Å². The van der Waals surface area contributed by atoms with E-state index in [0.717, 1.165) is 11.4 Å². The summed E-state index contributed by atoms with van der Waals surface area (Å²) in [4.78, 5) is 0. The summed E-state index contributed by atoms with van der Waals surface area (Å²) in [5.41, 5.74) is 8.50. The highest BCUT2D eigenvalue weighted by atomic mass is 32.1.